The molecule has 1 amide bonds. The van der Waals surface area contributed by atoms with Crippen LogP contribution in [0.3, 0.4) is 0 Å². The lowest BCUT2D eigenvalue weighted by atomic mass is 9.90. The van der Waals surface area contributed by atoms with E-state index in [4.69, 9.17) is 10.5 Å². The quantitative estimate of drug-likeness (QED) is 0.854. The summed E-state index contributed by atoms with van der Waals surface area (Å²) in [5.41, 5.74) is 6.67. The first-order valence-electron chi connectivity index (χ1n) is 6.93. The molecule has 1 atom stereocenters. The lowest BCUT2D eigenvalue weighted by molar-refractivity contribution is -0.128. The molecule has 1 aromatic carbocycles. The zero-order valence-electron chi connectivity index (χ0n) is 13.0. The Bertz CT molecular complexity index is 488. The van der Waals surface area contributed by atoms with Crippen molar-refractivity contribution in [3.8, 4) is 5.75 Å². The highest BCUT2D eigenvalue weighted by Gasteiger charge is 2.34. The normalized spacial score (nSPS) is 19.9. The molecule has 0 spiro atoms. The number of halogens is 2. The van der Waals surface area contributed by atoms with Crippen LogP contribution in [0, 0.1) is 5.41 Å². The average Bonchev–Trinajstić information content (AvgIpc) is 2.88. The number of benzene rings is 1. The van der Waals surface area contributed by atoms with E-state index in [1.54, 1.807) is 7.11 Å². The first kappa shape index (κ1) is 20.8. The molecule has 126 valence electrons. The summed E-state index contributed by atoms with van der Waals surface area (Å²) in [6.45, 7) is 4.57. The van der Waals surface area contributed by atoms with Gasteiger partial charge in [0.2, 0.25) is 5.91 Å². The van der Waals surface area contributed by atoms with Gasteiger partial charge in [-0.1, -0.05) is 19.1 Å². The van der Waals surface area contributed by atoms with E-state index in [1.165, 1.54) is 0 Å². The van der Waals surface area contributed by atoms with Crippen molar-refractivity contribution in [3.63, 3.8) is 0 Å². The molecule has 0 bridgehead atoms. The number of nitrogens with one attached hydrogen (secondary N) is 1. The Labute approximate surface area is 144 Å². The molecule has 1 aliphatic heterocycles. The Morgan fingerprint density at radius 2 is 2.09 bits per heavy atom. The number of anilines is 1. The van der Waals surface area contributed by atoms with Gasteiger partial charge in [-0.2, -0.15) is 0 Å². The molecular formula is C15H25Cl2N3O2. The smallest absolute Gasteiger partial charge is 0.241 e. The van der Waals surface area contributed by atoms with Crippen LogP contribution in [-0.2, 0) is 4.79 Å². The topological polar surface area (TPSA) is 67.6 Å². The van der Waals surface area contributed by atoms with Crippen LogP contribution in [0.5, 0.6) is 5.75 Å². The van der Waals surface area contributed by atoms with Crippen LogP contribution in [-0.4, -0.2) is 44.1 Å². The zero-order valence-corrected chi connectivity index (χ0v) is 14.6. The number of para-hydroxylation sites is 2. The molecule has 0 saturated carbocycles. The highest BCUT2D eigenvalue weighted by atomic mass is 35.5. The van der Waals surface area contributed by atoms with Gasteiger partial charge < -0.3 is 20.7 Å². The molecule has 1 fully saturated rings. The monoisotopic (exact) mass is 349 g/mol. The van der Waals surface area contributed by atoms with E-state index >= 15 is 0 Å². The van der Waals surface area contributed by atoms with Crippen LogP contribution in [0.2, 0.25) is 0 Å². The van der Waals surface area contributed by atoms with Crippen molar-refractivity contribution in [1.82, 2.24) is 4.90 Å². The van der Waals surface area contributed by atoms with E-state index < -0.39 is 0 Å². The van der Waals surface area contributed by atoms with Gasteiger partial charge in [-0.15, -0.1) is 24.8 Å². The molecule has 0 aromatic heterocycles. The van der Waals surface area contributed by atoms with Gasteiger partial charge in [0.15, 0.2) is 0 Å². The van der Waals surface area contributed by atoms with Crippen molar-refractivity contribution in [2.24, 2.45) is 11.1 Å². The van der Waals surface area contributed by atoms with Gasteiger partial charge in [0.1, 0.15) is 5.75 Å². The minimum absolute atomic E-state index is 0. The number of nitrogens with zero attached hydrogens (tertiary/aromatic N) is 1. The molecule has 5 nitrogen and oxygen atoms in total. The Morgan fingerprint density at radius 3 is 2.68 bits per heavy atom. The third-order valence-corrected chi connectivity index (χ3v) is 3.94. The lowest BCUT2D eigenvalue weighted by Crippen LogP contribution is -2.37. The fourth-order valence-electron chi connectivity index (χ4n) is 2.48. The fourth-order valence-corrected chi connectivity index (χ4v) is 2.48. The Balaban J connectivity index is 0.00000220. The summed E-state index contributed by atoms with van der Waals surface area (Å²) < 4.78 is 5.25. The van der Waals surface area contributed by atoms with Crippen molar-refractivity contribution in [2.45, 2.75) is 13.3 Å². The Morgan fingerprint density at radius 1 is 1.41 bits per heavy atom. The predicted octanol–water partition coefficient (Wildman–Crippen LogP) is 2.15. The van der Waals surface area contributed by atoms with Crippen LogP contribution in [0.15, 0.2) is 24.3 Å². The first-order valence-corrected chi connectivity index (χ1v) is 6.93. The number of hydrogen-bond acceptors (Lipinski definition) is 4. The maximum Gasteiger partial charge on any atom is 0.241 e. The zero-order chi connectivity index (χ0) is 14.6. The van der Waals surface area contributed by atoms with Crippen molar-refractivity contribution in [3.05, 3.63) is 24.3 Å². The van der Waals surface area contributed by atoms with E-state index in [2.05, 4.69) is 12.2 Å². The minimum Gasteiger partial charge on any atom is -0.495 e. The standard InChI is InChI=1S/C15H23N3O2.2ClH/c1-15(10-16)7-8-18(11-15)14(19)9-17-12-5-3-4-6-13(12)20-2;;/h3-6,17H,7-11,16H2,1-2H3;2*1H. The fraction of sp³-hybridized carbons (Fsp3) is 0.533. The van der Waals surface area contributed by atoms with Gasteiger partial charge in [-0.3, -0.25) is 4.79 Å². The molecule has 2 rings (SSSR count). The molecule has 1 aliphatic rings. The maximum absolute atomic E-state index is 12.2. The van der Waals surface area contributed by atoms with Crippen molar-refractivity contribution < 1.29 is 9.53 Å². The predicted molar refractivity (Wildman–Crippen MR) is 94.3 cm³/mol. The number of amides is 1. The summed E-state index contributed by atoms with van der Waals surface area (Å²) in [7, 11) is 1.62. The van der Waals surface area contributed by atoms with Crippen LogP contribution in [0.1, 0.15) is 13.3 Å². The number of likely N-dealkylation sites (tertiary alicyclic amines) is 1. The first-order chi connectivity index (χ1) is 9.58. The molecular weight excluding hydrogens is 325 g/mol. The van der Waals surface area contributed by atoms with Gasteiger partial charge in [0, 0.05) is 13.1 Å². The van der Waals surface area contributed by atoms with Crippen molar-refractivity contribution in [1.29, 1.82) is 0 Å². The van der Waals surface area contributed by atoms with E-state index in [1.807, 2.05) is 29.2 Å². The minimum atomic E-state index is 0. The van der Waals surface area contributed by atoms with Gasteiger partial charge in [-0.05, 0) is 30.5 Å². The van der Waals surface area contributed by atoms with Gasteiger partial charge in [0.05, 0.1) is 19.3 Å². The summed E-state index contributed by atoms with van der Waals surface area (Å²) in [6, 6.07) is 7.59. The van der Waals surface area contributed by atoms with Gasteiger partial charge in [0.25, 0.3) is 0 Å². The van der Waals surface area contributed by atoms with Crippen LogP contribution >= 0.6 is 24.8 Å². The number of ether oxygens (including phenoxy) is 1. The molecule has 1 saturated heterocycles. The summed E-state index contributed by atoms with van der Waals surface area (Å²) in [4.78, 5) is 14.1. The summed E-state index contributed by atoms with van der Waals surface area (Å²) in [5.74, 6) is 0.849. The number of hydrogen-bond donors (Lipinski definition) is 2. The summed E-state index contributed by atoms with van der Waals surface area (Å²) >= 11 is 0. The lowest BCUT2D eigenvalue weighted by Gasteiger charge is -2.23. The third kappa shape index (κ3) is 4.93. The summed E-state index contributed by atoms with van der Waals surface area (Å²) in [5, 5.41) is 3.14. The Kier molecular flexibility index (Phi) is 8.60. The second-order valence-corrected chi connectivity index (χ2v) is 5.63. The molecule has 7 heteroatoms. The molecule has 0 radical (unpaired) electrons. The molecule has 1 heterocycles. The van der Waals surface area contributed by atoms with Crippen molar-refractivity contribution >= 4 is 36.4 Å². The van der Waals surface area contributed by atoms with E-state index in [-0.39, 0.29) is 42.7 Å². The maximum atomic E-state index is 12.2. The van der Waals surface area contributed by atoms with Gasteiger partial charge >= 0.3 is 0 Å². The number of methoxy groups -OCH3 is 1. The molecule has 3 N–H and O–H groups in total. The Hall–Kier alpha value is -1.17. The largest absolute Gasteiger partial charge is 0.495 e. The number of nitrogens with two attached hydrogens (primary N) is 1. The van der Waals surface area contributed by atoms with Crippen LogP contribution in [0.4, 0.5) is 5.69 Å². The average molecular weight is 350 g/mol. The molecule has 0 aliphatic carbocycles. The van der Waals surface area contributed by atoms with E-state index in [0.717, 1.165) is 30.9 Å². The third-order valence-electron chi connectivity index (χ3n) is 3.94. The van der Waals surface area contributed by atoms with E-state index in [9.17, 15) is 4.79 Å². The van der Waals surface area contributed by atoms with Gasteiger partial charge in [-0.25, -0.2) is 0 Å². The number of rotatable bonds is 5. The number of carbonyl (C=O) groups is 1. The molecule has 22 heavy (non-hydrogen) atoms. The second kappa shape index (κ2) is 9.08. The van der Waals surface area contributed by atoms with E-state index in [0.29, 0.717) is 6.54 Å². The van der Waals surface area contributed by atoms with Crippen molar-refractivity contribution in [2.75, 3.05) is 38.6 Å². The summed E-state index contributed by atoms with van der Waals surface area (Å²) in [6.07, 6.45) is 0.976. The SMILES string of the molecule is COc1ccccc1NCC(=O)N1CCC(C)(CN)C1.Cl.Cl. The molecule has 1 unspecified atom stereocenters. The van der Waals surface area contributed by atoms with Crippen LogP contribution < -0.4 is 15.8 Å². The molecule has 1 aromatic rings. The number of carbonyl (C=O) groups excluding carboxylic acids is 1. The van der Waals surface area contributed by atoms with Crippen LogP contribution in [0.25, 0.3) is 0 Å². The second-order valence-electron chi connectivity index (χ2n) is 5.63. The highest BCUT2D eigenvalue weighted by molar-refractivity contribution is 5.85. The highest BCUT2D eigenvalue weighted by Crippen LogP contribution is 2.28.